The zero-order valence-corrected chi connectivity index (χ0v) is 17.4. The quantitative estimate of drug-likeness (QED) is 0.407. The smallest absolute Gasteiger partial charge is 0.340 e. The Balaban J connectivity index is 1.48. The van der Waals surface area contributed by atoms with Crippen LogP contribution in [0.4, 0.5) is 0 Å². The summed E-state index contributed by atoms with van der Waals surface area (Å²) in [5.74, 6) is -0.425. The number of pyridine rings is 1. The summed E-state index contributed by atoms with van der Waals surface area (Å²) in [5, 5.41) is 0.858. The van der Waals surface area contributed by atoms with E-state index in [4.69, 9.17) is 13.9 Å². The minimum absolute atomic E-state index is 0.105. The SMILES string of the molecule is CCOC(=O)c1c(COC(=O)CCc2nc3ccccc3o2)nc2ccccc2c1C. The van der Waals surface area contributed by atoms with E-state index in [1.54, 1.807) is 6.92 Å². The molecule has 0 atom stereocenters. The predicted octanol–water partition coefficient (Wildman–Crippen LogP) is 4.54. The van der Waals surface area contributed by atoms with E-state index in [9.17, 15) is 9.59 Å². The average Bonchev–Trinajstić information content (AvgIpc) is 3.19. The van der Waals surface area contributed by atoms with Gasteiger partial charge in [-0.15, -0.1) is 0 Å². The van der Waals surface area contributed by atoms with Crippen LogP contribution in [0, 0.1) is 6.92 Å². The highest BCUT2D eigenvalue weighted by atomic mass is 16.5. The van der Waals surface area contributed by atoms with Crippen molar-refractivity contribution >= 4 is 33.9 Å². The normalized spacial score (nSPS) is 11.0. The number of aryl methyl sites for hydroxylation is 2. The van der Waals surface area contributed by atoms with Crippen molar-refractivity contribution in [2.24, 2.45) is 0 Å². The van der Waals surface area contributed by atoms with E-state index in [2.05, 4.69) is 9.97 Å². The zero-order chi connectivity index (χ0) is 21.8. The van der Waals surface area contributed by atoms with Gasteiger partial charge in [0.25, 0.3) is 0 Å². The first-order valence-corrected chi connectivity index (χ1v) is 10.1. The highest BCUT2D eigenvalue weighted by Crippen LogP contribution is 2.24. The fraction of sp³-hybridized carbons (Fsp3) is 0.250. The van der Waals surface area contributed by atoms with Gasteiger partial charge >= 0.3 is 11.9 Å². The van der Waals surface area contributed by atoms with Crippen molar-refractivity contribution in [1.82, 2.24) is 9.97 Å². The molecule has 31 heavy (non-hydrogen) atoms. The monoisotopic (exact) mass is 418 g/mol. The summed E-state index contributed by atoms with van der Waals surface area (Å²) >= 11 is 0. The van der Waals surface area contributed by atoms with Crippen molar-refractivity contribution in [2.45, 2.75) is 33.3 Å². The standard InChI is InChI=1S/C24H22N2O5/c1-3-29-24(28)23-15(2)16-8-4-5-9-17(16)25-19(23)14-30-22(27)13-12-21-26-18-10-6-7-11-20(18)31-21/h4-11H,3,12-14H2,1-2H3. The Morgan fingerprint density at radius 3 is 2.48 bits per heavy atom. The molecule has 0 aliphatic rings. The van der Waals surface area contributed by atoms with Crippen LogP contribution in [0.5, 0.6) is 0 Å². The third kappa shape index (κ3) is 4.40. The highest BCUT2D eigenvalue weighted by Gasteiger charge is 2.21. The number of para-hydroxylation sites is 3. The van der Waals surface area contributed by atoms with Gasteiger partial charge in [-0.25, -0.2) is 14.8 Å². The van der Waals surface area contributed by atoms with E-state index >= 15 is 0 Å². The summed E-state index contributed by atoms with van der Waals surface area (Å²) in [5.41, 5.74) is 3.63. The molecule has 2 heterocycles. The van der Waals surface area contributed by atoms with E-state index in [0.717, 1.165) is 22.0 Å². The van der Waals surface area contributed by atoms with Gasteiger partial charge in [-0.05, 0) is 37.6 Å². The molecule has 0 fully saturated rings. The van der Waals surface area contributed by atoms with E-state index in [-0.39, 0.29) is 19.6 Å². The van der Waals surface area contributed by atoms with Gasteiger partial charge in [0.15, 0.2) is 11.5 Å². The molecule has 0 N–H and O–H groups in total. The average molecular weight is 418 g/mol. The van der Waals surface area contributed by atoms with E-state index in [0.29, 0.717) is 29.2 Å². The highest BCUT2D eigenvalue weighted by molar-refractivity contribution is 5.98. The Bertz CT molecular complexity index is 1230. The van der Waals surface area contributed by atoms with Gasteiger partial charge in [-0.2, -0.15) is 0 Å². The summed E-state index contributed by atoms with van der Waals surface area (Å²) in [7, 11) is 0. The number of nitrogens with zero attached hydrogens (tertiary/aromatic N) is 2. The molecular formula is C24H22N2O5. The molecule has 0 unspecified atom stereocenters. The Morgan fingerprint density at radius 2 is 1.71 bits per heavy atom. The van der Waals surface area contributed by atoms with Crippen molar-refractivity contribution in [3.8, 4) is 0 Å². The van der Waals surface area contributed by atoms with Crippen LogP contribution in [0.2, 0.25) is 0 Å². The van der Waals surface area contributed by atoms with Crippen molar-refractivity contribution in [1.29, 1.82) is 0 Å². The van der Waals surface area contributed by atoms with Crippen molar-refractivity contribution in [3.05, 3.63) is 71.2 Å². The summed E-state index contributed by atoms with van der Waals surface area (Å²) < 4.78 is 16.2. The van der Waals surface area contributed by atoms with Crippen molar-refractivity contribution < 1.29 is 23.5 Å². The minimum Gasteiger partial charge on any atom is -0.462 e. The lowest BCUT2D eigenvalue weighted by Gasteiger charge is -2.14. The minimum atomic E-state index is -0.476. The summed E-state index contributed by atoms with van der Waals surface area (Å²) in [6.07, 6.45) is 0.427. The number of esters is 2. The topological polar surface area (TPSA) is 91.5 Å². The molecule has 2 aromatic carbocycles. The molecule has 0 saturated heterocycles. The van der Waals surface area contributed by atoms with Gasteiger partial charge in [0.2, 0.25) is 0 Å². The van der Waals surface area contributed by atoms with Crippen molar-refractivity contribution in [3.63, 3.8) is 0 Å². The number of oxazole rings is 1. The lowest BCUT2D eigenvalue weighted by Crippen LogP contribution is -2.15. The molecule has 7 nitrogen and oxygen atoms in total. The van der Waals surface area contributed by atoms with Crippen molar-refractivity contribution in [2.75, 3.05) is 6.61 Å². The molecular weight excluding hydrogens is 396 g/mol. The van der Waals surface area contributed by atoms with Crippen LogP contribution in [0.3, 0.4) is 0 Å². The molecule has 0 aliphatic heterocycles. The van der Waals surface area contributed by atoms with Crippen LogP contribution in [-0.4, -0.2) is 28.5 Å². The molecule has 0 radical (unpaired) electrons. The van der Waals surface area contributed by atoms with E-state index in [1.807, 2.05) is 55.5 Å². The maximum atomic E-state index is 12.5. The Morgan fingerprint density at radius 1 is 0.968 bits per heavy atom. The van der Waals surface area contributed by atoms with Crippen LogP contribution in [0.1, 0.15) is 40.9 Å². The lowest BCUT2D eigenvalue weighted by molar-refractivity contribution is -0.145. The largest absolute Gasteiger partial charge is 0.462 e. The van der Waals surface area contributed by atoms with Gasteiger partial charge in [0.1, 0.15) is 12.1 Å². The number of aromatic nitrogens is 2. The second kappa shape index (κ2) is 8.95. The number of hydrogen-bond acceptors (Lipinski definition) is 7. The second-order valence-electron chi connectivity index (χ2n) is 7.03. The van der Waals surface area contributed by atoms with Crippen LogP contribution >= 0.6 is 0 Å². The van der Waals surface area contributed by atoms with E-state index in [1.165, 1.54) is 0 Å². The third-order valence-electron chi connectivity index (χ3n) is 4.96. The van der Waals surface area contributed by atoms with Crippen LogP contribution in [0.15, 0.2) is 52.9 Å². The first-order valence-electron chi connectivity index (χ1n) is 10.1. The molecule has 4 aromatic rings. The maximum absolute atomic E-state index is 12.5. The number of rotatable bonds is 7. The summed E-state index contributed by atoms with van der Waals surface area (Å²) in [4.78, 5) is 33.8. The molecule has 0 spiro atoms. The molecule has 0 saturated carbocycles. The predicted molar refractivity (Wildman–Crippen MR) is 115 cm³/mol. The zero-order valence-electron chi connectivity index (χ0n) is 17.4. The number of carbonyl (C=O) groups is 2. The fourth-order valence-electron chi connectivity index (χ4n) is 3.48. The van der Waals surface area contributed by atoms with Gasteiger partial charge in [-0.3, -0.25) is 4.79 Å². The second-order valence-corrected chi connectivity index (χ2v) is 7.03. The molecule has 4 rings (SSSR count). The molecule has 0 amide bonds. The maximum Gasteiger partial charge on any atom is 0.340 e. The van der Waals surface area contributed by atoms with Crippen LogP contribution < -0.4 is 0 Å². The molecule has 0 bridgehead atoms. The Labute approximate surface area is 179 Å². The first-order chi connectivity index (χ1) is 15.1. The van der Waals surface area contributed by atoms with Crippen LogP contribution in [-0.2, 0) is 27.3 Å². The molecule has 7 heteroatoms. The third-order valence-corrected chi connectivity index (χ3v) is 4.96. The lowest BCUT2D eigenvalue weighted by atomic mass is 10.0. The summed E-state index contributed by atoms with van der Waals surface area (Å²) in [6.45, 7) is 3.71. The number of fused-ring (bicyclic) bond motifs is 2. The number of carbonyl (C=O) groups excluding carboxylic acids is 2. The van der Waals surface area contributed by atoms with Gasteiger partial charge in [0, 0.05) is 11.8 Å². The Kier molecular flexibility index (Phi) is 5.93. The van der Waals surface area contributed by atoms with Crippen LogP contribution in [0.25, 0.3) is 22.0 Å². The Hall–Kier alpha value is -3.74. The number of benzene rings is 2. The van der Waals surface area contributed by atoms with Gasteiger partial charge < -0.3 is 13.9 Å². The summed E-state index contributed by atoms with van der Waals surface area (Å²) in [6, 6.07) is 14.9. The van der Waals surface area contributed by atoms with E-state index < -0.39 is 11.9 Å². The molecule has 0 aliphatic carbocycles. The number of ether oxygens (including phenoxy) is 2. The molecule has 2 aromatic heterocycles. The van der Waals surface area contributed by atoms with Gasteiger partial charge in [0.05, 0.1) is 29.8 Å². The molecule has 158 valence electrons. The number of hydrogen-bond donors (Lipinski definition) is 0. The van der Waals surface area contributed by atoms with Gasteiger partial charge in [-0.1, -0.05) is 30.3 Å². The fourth-order valence-corrected chi connectivity index (χ4v) is 3.48. The first kappa shape index (κ1) is 20.5.